The second kappa shape index (κ2) is 10.9. The lowest BCUT2D eigenvalue weighted by Gasteiger charge is -2.19. The third kappa shape index (κ3) is 6.01. The number of amides is 1. The first kappa shape index (κ1) is 22.7. The van der Waals surface area contributed by atoms with Crippen molar-refractivity contribution < 1.29 is 28.5 Å². The van der Waals surface area contributed by atoms with Crippen LogP contribution in [0.5, 0.6) is 17.2 Å². The summed E-state index contributed by atoms with van der Waals surface area (Å²) in [6, 6.07) is 21.0. The van der Waals surface area contributed by atoms with Gasteiger partial charge in [0, 0.05) is 17.3 Å². The van der Waals surface area contributed by atoms with E-state index in [2.05, 4.69) is 5.32 Å². The Hall–Kier alpha value is -4.00. The van der Waals surface area contributed by atoms with Crippen LogP contribution in [0.3, 0.4) is 0 Å². The van der Waals surface area contributed by atoms with Gasteiger partial charge in [0.2, 0.25) is 6.10 Å². The normalized spacial score (nSPS) is 11.2. The minimum atomic E-state index is -1.15. The molecule has 0 radical (unpaired) electrons. The summed E-state index contributed by atoms with van der Waals surface area (Å²) in [5.74, 6) is 0.324. The monoisotopic (exact) mass is 435 g/mol. The zero-order valence-electron chi connectivity index (χ0n) is 18.2. The van der Waals surface area contributed by atoms with Crippen LogP contribution in [0.15, 0.2) is 72.8 Å². The molecule has 3 aromatic rings. The molecule has 1 N–H and O–H groups in total. The van der Waals surface area contributed by atoms with Gasteiger partial charge in [0.25, 0.3) is 5.91 Å². The number of hydrogen-bond donors (Lipinski definition) is 1. The topological polar surface area (TPSA) is 83.1 Å². The van der Waals surface area contributed by atoms with Gasteiger partial charge in [0.15, 0.2) is 18.1 Å². The number of esters is 1. The van der Waals surface area contributed by atoms with Gasteiger partial charge in [-0.3, -0.25) is 4.79 Å². The molecule has 7 heteroatoms. The van der Waals surface area contributed by atoms with E-state index in [4.69, 9.17) is 18.9 Å². The number of anilines is 1. The van der Waals surface area contributed by atoms with Crippen molar-refractivity contribution in [3.63, 3.8) is 0 Å². The number of hydrogen-bond acceptors (Lipinski definition) is 6. The Morgan fingerprint density at radius 2 is 1.66 bits per heavy atom. The molecule has 0 aromatic heterocycles. The Morgan fingerprint density at radius 1 is 0.875 bits per heavy atom. The van der Waals surface area contributed by atoms with Crippen LogP contribution in [-0.2, 0) is 14.3 Å². The molecule has 0 fully saturated rings. The van der Waals surface area contributed by atoms with Crippen molar-refractivity contribution in [2.45, 2.75) is 13.0 Å². The molecule has 1 atom stereocenters. The van der Waals surface area contributed by atoms with Crippen LogP contribution in [-0.4, -0.2) is 32.7 Å². The van der Waals surface area contributed by atoms with Crippen molar-refractivity contribution in [3.8, 4) is 17.2 Å². The number of carbonyl (C=O) groups is 2. The van der Waals surface area contributed by atoms with Gasteiger partial charge >= 0.3 is 5.97 Å². The van der Waals surface area contributed by atoms with Crippen LogP contribution < -0.4 is 19.5 Å². The van der Waals surface area contributed by atoms with Gasteiger partial charge in [0.1, 0.15) is 5.75 Å². The zero-order valence-corrected chi connectivity index (χ0v) is 18.2. The van der Waals surface area contributed by atoms with Gasteiger partial charge < -0.3 is 24.3 Å². The van der Waals surface area contributed by atoms with Crippen molar-refractivity contribution in [3.05, 3.63) is 83.9 Å². The molecule has 3 rings (SSSR count). The molecular formula is C25H25NO6. The van der Waals surface area contributed by atoms with Crippen molar-refractivity contribution in [1.82, 2.24) is 0 Å². The number of nitrogens with one attached hydrogen (secondary N) is 1. The Morgan fingerprint density at radius 3 is 2.38 bits per heavy atom. The van der Waals surface area contributed by atoms with E-state index < -0.39 is 18.0 Å². The molecule has 0 saturated carbocycles. The molecule has 0 heterocycles. The maximum absolute atomic E-state index is 13.0. The van der Waals surface area contributed by atoms with Crippen molar-refractivity contribution in [2.24, 2.45) is 0 Å². The van der Waals surface area contributed by atoms with Crippen LogP contribution in [0.25, 0.3) is 0 Å². The first-order valence-electron chi connectivity index (χ1n) is 9.97. The summed E-state index contributed by atoms with van der Waals surface area (Å²) < 4.78 is 21.5. The van der Waals surface area contributed by atoms with Gasteiger partial charge in [-0.05, 0) is 36.8 Å². The quantitative estimate of drug-likeness (QED) is 0.504. The van der Waals surface area contributed by atoms with Gasteiger partial charge in [0.05, 0.1) is 14.2 Å². The summed E-state index contributed by atoms with van der Waals surface area (Å²) in [4.78, 5) is 25.5. The smallest absolute Gasteiger partial charge is 0.345 e. The molecule has 32 heavy (non-hydrogen) atoms. The first-order valence-corrected chi connectivity index (χ1v) is 9.97. The van der Waals surface area contributed by atoms with Crippen molar-refractivity contribution in [1.29, 1.82) is 0 Å². The van der Waals surface area contributed by atoms with Crippen molar-refractivity contribution in [2.75, 3.05) is 26.1 Å². The zero-order chi connectivity index (χ0) is 22.9. The average molecular weight is 435 g/mol. The maximum atomic E-state index is 13.0. The standard InChI is InChI=1S/C25H25NO6/c1-17-12-13-21(22(14-17)30-3)31-16-23(27)32-24(18-8-5-4-6-9-18)25(28)26-19-10-7-11-20(15-19)29-2/h4-15,24H,16H2,1-3H3,(H,26,28). The summed E-state index contributed by atoms with van der Waals surface area (Å²) in [7, 11) is 3.06. The first-order chi connectivity index (χ1) is 15.5. The number of benzene rings is 3. The number of rotatable bonds is 9. The van der Waals surface area contributed by atoms with Crippen LogP contribution >= 0.6 is 0 Å². The Bertz CT molecular complexity index is 1070. The number of ether oxygens (including phenoxy) is 4. The average Bonchev–Trinajstić information content (AvgIpc) is 2.82. The van der Waals surface area contributed by atoms with Gasteiger partial charge in [-0.15, -0.1) is 0 Å². The minimum absolute atomic E-state index is 0.380. The van der Waals surface area contributed by atoms with E-state index in [1.54, 1.807) is 67.8 Å². The summed E-state index contributed by atoms with van der Waals surface area (Å²) >= 11 is 0. The molecule has 0 bridgehead atoms. The summed E-state index contributed by atoms with van der Waals surface area (Å²) in [5.41, 5.74) is 2.05. The number of carbonyl (C=O) groups excluding carboxylic acids is 2. The maximum Gasteiger partial charge on any atom is 0.345 e. The fourth-order valence-corrected chi connectivity index (χ4v) is 3.01. The molecule has 3 aromatic carbocycles. The highest BCUT2D eigenvalue weighted by molar-refractivity contribution is 5.96. The largest absolute Gasteiger partial charge is 0.497 e. The second-order valence-corrected chi connectivity index (χ2v) is 6.94. The third-order valence-electron chi connectivity index (χ3n) is 4.59. The van der Waals surface area contributed by atoms with E-state index >= 15 is 0 Å². The van der Waals surface area contributed by atoms with E-state index in [-0.39, 0.29) is 6.61 Å². The van der Waals surface area contributed by atoms with E-state index in [0.717, 1.165) is 5.56 Å². The van der Waals surface area contributed by atoms with Gasteiger partial charge in [-0.1, -0.05) is 42.5 Å². The molecule has 0 spiro atoms. The van der Waals surface area contributed by atoms with Crippen LogP contribution in [0.2, 0.25) is 0 Å². The highest BCUT2D eigenvalue weighted by Gasteiger charge is 2.25. The molecule has 7 nitrogen and oxygen atoms in total. The minimum Gasteiger partial charge on any atom is -0.497 e. The lowest BCUT2D eigenvalue weighted by molar-refractivity contribution is -0.156. The lowest BCUT2D eigenvalue weighted by atomic mass is 10.1. The summed E-state index contributed by atoms with van der Waals surface area (Å²) in [5, 5.41) is 2.76. The molecular weight excluding hydrogens is 410 g/mol. The Kier molecular flexibility index (Phi) is 7.70. The Balaban J connectivity index is 1.71. The molecule has 0 aliphatic rings. The number of methoxy groups -OCH3 is 2. The molecule has 1 amide bonds. The fourth-order valence-electron chi connectivity index (χ4n) is 3.01. The van der Waals surface area contributed by atoms with Crippen LogP contribution in [0, 0.1) is 6.92 Å². The van der Waals surface area contributed by atoms with Gasteiger partial charge in [-0.2, -0.15) is 0 Å². The highest BCUT2D eigenvalue weighted by Crippen LogP contribution is 2.28. The number of aryl methyl sites for hydroxylation is 1. The molecule has 0 aliphatic heterocycles. The third-order valence-corrected chi connectivity index (χ3v) is 4.59. The lowest BCUT2D eigenvalue weighted by Crippen LogP contribution is -2.28. The molecule has 1 unspecified atom stereocenters. The summed E-state index contributed by atoms with van der Waals surface area (Å²) in [6.07, 6.45) is -1.15. The molecule has 0 aliphatic carbocycles. The fraction of sp³-hybridized carbons (Fsp3) is 0.200. The van der Waals surface area contributed by atoms with E-state index in [0.29, 0.717) is 28.5 Å². The van der Waals surface area contributed by atoms with Crippen LogP contribution in [0.1, 0.15) is 17.2 Å². The Labute approximate surface area is 186 Å². The molecule has 0 saturated heterocycles. The van der Waals surface area contributed by atoms with Gasteiger partial charge in [-0.25, -0.2) is 4.79 Å². The summed E-state index contributed by atoms with van der Waals surface area (Å²) in [6.45, 7) is 1.54. The van der Waals surface area contributed by atoms with E-state index in [1.165, 1.54) is 7.11 Å². The second-order valence-electron chi connectivity index (χ2n) is 6.94. The SMILES string of the molecule is COc1cccc(NC(=O)C(OC(=O)COc2ccc(C)cc2OC)c2ccccc2)c1. The highest BCUT2D eigenvalue weighted by atomic mass is 16.6. The van der Waals surface area contributed by atoms with Crippen LogP contribution in [0.4, 0.5) is 5.69 Å². The van der Waals surface area contributed by atoms with E-state index in [1.807, 2.05) is 19.1 Å². The molecule has 166 valence electrons. The van der Waals surface area contributed by atoms with E-state index in [9.17, 15) is 9.59 Å². The predicted molar refractivity (Wildman–Crippen MR) is 120 cm³/mol. The predicted octanol–water partition coefficient (Wildman–Crippen LogP) is 4.31. The van der Waals surface area contributed by atoms with Crippen molar-refractivity contribution >= 4 is 17.6 Å².